The number of urea groups is 1. The Morgan fingerprint density at radius 3 is 2.01 bits per heavy atom. The molecule has 1 aliphatic carbocycles. The minimum atomic E-state index is -1.07. The second-order valence-electron chi connectivity index (χ2n) is 27.1. The molecule has 1 saturated heterocycles. The molecule has 102 heavy (non-hydrogen) atoms. The minimum Gasteiger partial charge on any atom is -0.379 e. The summed E-state index contributed by atoms with van der Waals surface area (Å²) in [4.78, 5) is 143. The summed E-state index contributed by atoms with van der Waals surface area (Å²) < 4.78 is 34.8. The molecule has 29 heteroatoms. The van der Waals surface area contributed by atoms with Crippen molar-refractivity contribution in [2.45, 2.75) is 186 Å². The Labute approximate surface area is 604 Å². The number of carbonyl (C=O) groups excluding carboxylic acids is 10. The van der Waals surface area contributed by atoms with E-state index in [-0.39, 0.29) is 157 Å². The summed E-state index contributed by atoms with van der Waals surface area (Å²) in [6, 6.07) is 11.8. The summed E-state index contributed by atoms with van der Waals surface area (Å²) >= 11 is 1.48. The first-order chi connectivity index (χ1) is 48.9. The van der Waals surface area contributed by atoms with E-state index in [2.05, 4.69) is 42.2 Å². The number of likely N-dealkylation sites (tertiary alicyclic amines) is 1. The SMILES string of the molecule is CCC(C)C(C(CC(=O)N1CCCC1C(OC)C(C)C(=O)NC(Cc1ccccc1)c1nccs1)OC)N(C)C(=O)C(NC(=O)C1(NCOCc2ccc(NC(=O)C(CCCNC(N)=O)NC(=O)C(NC(=O)CCOCCOCCOCCN3C(=O)C=CC3=O)C(C)C)cc2)CCCC1)C(C)C. The third-order valence-electron chi connectivity index (χ3n) is 19.2. The number of aromatic nitrogens is 1. The summed E-state index contributed by atoms with van der Waals surface area (Å²) in [6.45, 7) is 15.2. The average Bonchev–Trinajstić information content (AvgIpc) is 1.45. The molecule has 0 radical (unpaired) electrons. The Kier molecular flexibility index (Phi) is 34.8. The van der Waals surface area contributed by atoms with E-state index in [4.69, 9.17) is 34.2 Å². The Morgan fingerprint density at radius 2 is 1.40 bits per heavy atom. The standard InChI is InChI=1S/C73H110N12O16S/c1-11-49(6)64(57(96-9)44-61(89)84-34-18-22-56(84)65(97-10)50(7)66(90)80-55(69-75-33-42-102-69)43-51-19-13-12-14-20-51)83(8)70(93)63(48(4)5)82-71(94)73(30-15-16-31-73)77-46-101-45-52-23-25-53(26-24-52)78-67(91)54(21-17-32-76-72(74)95)79-68(92)62(47(2)3)81-58(86)29-36-98-38-40-100-41-39-99-37-35-85-59(87)27-28-60(85)88/h12-14,19-20,23-28,33,42,47-50,54-57,62-65,77H,11,15-18,21-22,29-32,34-41,43-46H2,1-10H3,(H,78,91)(H,79,92)(H,80,90)(H,81,86)(H,82,94)(H3,74,76,95). The average molecular weight is 1440 g/mol. The van der Waals surface area contributed by atoms with Gasteiger partial charge in [0, 0.05) is 70.2 Å². The minimum absolute atomic E-state index is 0.00535. The number of nitrogens with one attached hydrogen (secondary N) is 7. The Hall–Kier alpha value is -7.77. The zero-order valence-corrected chi connectivity index (χ0v) is 61.8. The molecule has 1 saturated carbocycles. The fourth-order valence-electron chi connectivity index (χ4n) is 13.2. The number of carbonyl (C=O) groups is 10. The normalized spacial score (nSPS) is 17.7. The topological polar surface area (TPSA) is 359 Å². The molecule has 2 aliphatic heterocycles. The molecule has 10 unspecified atom stereocenters. The lowest BCUT2D eigenvalue weighted by Crippen LogP contribution is -2.62. The van der Waals surface area contributed by atoms with Gasteiger partial charge in [-0.15, -0.1) is 11.3 Å². The third-order valence-corrected chi connectivity index (χ3v) is 20.1. The number of primary amides is 1. The number of nitrogens with two attached hydrogens (primary N) is 1. The van der Waals surface area contributed by atoms with Crippen molar-refractivity contribution in [1.29, 1.82) is 0 Å². The number of benzene rings is 2. The number of amides is 11. The molecule has 3 aliphatic rings. The van der Waals surface area contributed by atoms with Crippen LogP contribution in [0.5, 0.6) is 0 Å². The summed E-state index contributed by atoms with van der Waals surface area (Å²) in [5.41, 5.74) is 6.49. The zero-order chi connectivity index (χ0) is 74.3. The lowest BCUT2D eigenvalue weighted by molar-refractivity contribution is -0.148. The van der Waals surface area contributed by atoms with Crippen molar-refractivity contribution in [2.24, 2.45) is 29.4 Å². The van der Waals surface area contributed by atoms with Gasteiger partial charge in [-0.3, -0.25) is 53.4 Å². The second-order valence-corrected chi connectivity index (χ2v) is 28.0. The van der Waals surface area contributed by atoms with E-state index in [1.165, 1.54) is 23.5 Å². The monoisotopic (exact) mass is 1440 g/mol. The number of nitrogens with zero attached hydrogens (tertiary/aromatic N) is 4. The van der Waals surface area contributed by atoms with Gasteiger partial charge in [0.1, 0.15) is 23.1 Å². The van der Waals surface area contributed by atoms with Crippen LogP contribution in [0.15, 0.2) is 78.3 Å². The first kappa shape index (κ1) is 83.2. The van der Waals surface area contributed by atoms with E-state index in [1.54, 1.807) is 70.5 Å². The van der Waals surface area contributed by atoms with Crippen molar-refractivity contribution in [3.05, 3.63) is 94.5 Å². The lowest BCUT2D eigenvalue weighted by atomic mass is 9.89. The molecule has 9 N–H and O–H groups in total. The molecular formula is C73H110N12O16S. The number of anilines is 1. The van der Waals surface area contributed by atoms with Crippen LogP contribution < -0.4 is 43.0 Å². The van der Waals surface area contributed by atoms with E-state index in [0.717, 1.165) is 40.3 Å². The predicted octanol–water partition coefficient (Wildman–Crippen LogP) is 5.06. The Bertz CT molecular complexity index is 3170. The highest BCUT2D eigenvalue weighted by atomic mass is 32.1. The quantitative estimate of drug-likeness (QED) is 0.0208. The number of hydrogen-bond acceptors (Lipinski definition) is 19. The zero-order valence-electron chi connectivity index (χ0n) is 61.0. The number of imide groups is 1. The van der Waals surface area contributed by atoms with Crippen LogP contribution in [0.1, 0.15) is 141 Å². The number of likely N-dealkylation sites (N-methyl/N-ethyl adjacent to an activating group) is 1. The van der Waals surface area contributed by atoms with E-state index in [9.17, 15) is 47.9 Å². The highest BCUT2D eigenvalue weighted by Gasteiger charge is 2.46. The van der Waals surface area contributed by atoms with E-state index in [1.807, 2.05) is 75.2 Å². The second kappa shape index (κ2) is 42.7. The van der Waals surface area contributed by atoms with Gasteiger partial charge in [-0.05, 0) is 86.0 Å². The molecular weight excluding hydrogens is 1330 g/mol. The van der Waals surface area contributed by atoms with Gasteiger partial charge in [0.05, 0.1) is 108 Å². The van der Waals surface area contributed by atoms with Crippen LogP contribution in [0, 0.1) is 23.7 Å². The van der Waals surface area contributed by atoms with Gasteiger partial charge in [0.25, 0.3) is 11.8 Å². The summed E-state index contributed by atoms with van der Waals surface area (Å²) in [7, 11) is 4.84. The van der Waals surface area contributed by atoms with Crippen molar-refractivity contribution in [2.75, 3.05) is 92.6 Å². The number of thiazole rings is 1. The van der Waals surface area contributed by atoms with Gasteiger partial charge in [-0.1, -0.05) is 110 Å². The van der Waals surface area contributed by atoms with Crippen molar-refractivity contribution in [3.8, 4) is 0 Å². The van der Waals surface area contributed by atoms with Gasteiger partial charge in [-0.25, -0.2) is 9.78 Å². The maximum absolute atomic E-state index is 14.9. The van der Waals surface area contributed by atoms with Gasteiger partial charge in [0.2, 0.25) is 41.4 Å². The van der Waals surface area contributed by atoms with Crippen LogP contribution >= 0.6 is 11.3 Å². The molecule has 0 spiro atoms. The van der Waals surface area contributed by atoms with Crippen LogP contribution in [-0.4, -0.2) is 214 Å². The van der Waals surface area contributed by atoms with Gasteiger partial charge in [0.15, 0.2) is 0 Å². The molecule has 1 aromatic heterocycles. The number of ether oxygens (including phenoxy) is 6. The third kappa shape index (κ3) is 25.3. The molecule has 2 aromatic carbocycles. The maximum Gasteiger partial charge on any atom is 0.312 e. The van der Waals surface area contributed by atoms with E-state index < -0.39 is 71.6 Å². The summed E-state index contributed by atoms with van der Waals surface area (Å²) in [5.74, 6) is -4.74. The van der Waals surface area contributed by atoms with Crippen LogP contribution in [0.3, 0.4) is 0 Å². The van der Waals surface area contributed by atoms with Crippen LogP contribution in [0.25, 0.3) is 0 Å². The van der Waals surface area contributed by atoms with Crippen molar-refractivity contribution in [1.82, 2.24) is 51.6 Å². The molecule has 6 rings (SSSR count). The van der Waals surface area contributed by atoms with E-state index >= 15 is 0 Å². The largest absolute Gasteiger partial charge is 0.379 e. The smallest absolute Gasteiger partial charge is 0.312 e. The van der Waals surface area contributed by atoms with Gasteiger partial charge < -0.3 is 75.9 Å². The number of methoxy groups -OCH3 is 2. The predicted molar refractivity (Wildman–Crippen MR) is 384 cm³/mol. The van der Waals surface area contributed by atoms with Gasteiger partial charge >= 0.3 is 6.03 Å². The van der Waals surface area contributed by atoms with Crippen molar-refractivity contribution < 1.29 is 76.4 Å². The fraction of sp³-hybridized carbons (Fsp3) is 0.630. The molecule has 28 nitrogen and oxygen atoms in total. The number of hydrogen-bond donors (Lipinski definition) is 8. The Balaban J connectivity index is 0.979. The van der Waals surface area contributed by atoms with Gasteiger partial charge in [-0.2, -0.15) is 0 Å². The molecule has 11 amide bonds. The highest BCUT2D eigenvalue weighted by Crippen LogP contribution is 2.33. The first-order valence-electron chi connectivity index (χ1n) is 35.7. The molecule has 3 heterocycles. The lowest BCUT2D eigenvalue weighted by Gasteiger charge is -2.41. The van der Waals surface area contributed by atoms with Crippen LogP contribution in [-0.2, 0) is 84.6 Å². The molecule has 564 valence electrons. The highest BCUT2D eigenvalue weighted by molar-refractivity contribution is 7.09. The molecule has 0 bridgehead atoms. The Morgan fingerprint density at radius 1 is 0.745 bits per heavy atom. The van der Waals surface area contributed by atoms with E-state index in [0.29, 0.717) is 44.3 Å². The first-order valence-corrected chi connectivity index (χ1v) is 36.6. The molecule has 10 atom stereocenters. The summed E-state index contributed by atoms with van der Waals surface area (Å²) in [6.07, 6.45) is 8.32. The summed E-state index contributed by atoms with van der Waals surface area (Å²) in [5, 5.41) is 23.3. The molecule has 2 fully saturated rings. The molecule has 3 aromatic rings. The number of rotatable bonds is 46. The van der Waals surface area contributed by atoms with Crippen molar-refractivity contribution >= 4 is 76.2 Å². The van der Waals surface area contributed by atoms with Crippen molar-refractivity contribution in [3.63, 3.8) is 0 Å². The maximum atomic E-state index is 14.9. The van der Waals surface area contributed by atoms with Crippen LogP contribution in [0.2, 0.25) is 0 Å². The fourth-order valence-corrected chi connectivity index (χ4v) is 13.8. The van der Waals surface area contributed by atoms with Crippen LogP contribution in [0.4, 0.5) is 10.5 Å².